The molecule has 0 radical (unpaired) electrons. The predicted octanol–water partition coefficient (Wildman–Crippen LogP) is 1.55. The molecular weight excluding hydrogens is 278 g/mol. The number of carbonyl (C=O) groups is 2. The number of benzene rings is 2. The third-order valence-corrected chi connectivity index (χ3v) is 3.99. The molecule has 22 heavy (non-hydrogen) atoms. The molecule has 5 heteroatoms. The molecule has 1 N–H and O–H groups in total. The third kappa shape index (κ3) is 3.09. The molecule has 2 aromatic rings. The van der Waals surface area contributed by atoms with E-state index in [4.69, 9.17) is 0 Å². The van der Waals surface area contributed by atoms with Crippen LogP contribution in [0.2, 0.25) is 0 Å². The van der Waals surface area contributed by atoms with Gasteiger partial charge in [-0.25, -0.2) is 0 Å². The van der Waals surface area contributed by atoms with Gasteiger partial charge in [-0.05, 0) is 30.0 Å². The van der Waals surface area contributed by atoms with Gasteiger partial charge in [0, 0.05) is 31.9 Å². The standard InChI is InChI=1S/C17H19N3O2/c1-19-8-10-20(11-9-19)17(22)16(21)18-15-7-6-13-4-2-3-5-14(13)12-15/h2-7,12H,8-11H2,1H3,(H,18,21). The summed E-state index contributed by atoms with van der Waals surface area (Å²) in [5.41, 5.74) is 0.645. The second-order valence-corrected chi connectivity index (χ2v) is 5.61. The molecular formula is C17H19N3O2. The molecule has 0 aliphatic carbocycles. The Morgan fingerprint density at radius 2 is 1.64 bits per heavy atom. The summed E-state index contributed by atoms with van der Waals surface area (Å²) < 4.78 is 0. The molecule has 0 spiro atoms. The van der Waals surface area contributed by atoms with Gasteiger partial charge in [0.15, 0.2) is 0 Å². The fraction of sp³-hybridized carbons (Fsp3) is 0.294. The van der Waals surface area contributed by atoms with Crippen LogP contribution in [0, 0.1) is 0 Å². The number of nitrogens with zero attached hydrogens (tertiary/aromatic N) is 2. The van der Waals surface area contributed by atoms with Crippen LogP contribution in [-0.4, -0.2) is 54.8 Å². The smallest absolute Gasteiger partial charge is 0.313 e. The Balaban J connectivity index is 1.68. The SMILES string of the molecule is CN1CCN(C(=O)C(=O)Nc2ccc3ccccc3c2)CC1. The highest BCUT2D eigenvalue weighted by atomic mass is 16.2. The van der Waals surface area contributed by atoms with Gasteiger partial charge < -0.3 is 15.1 Å². The zero-order valence-corrected chi connectivity index (χ0v) is 12.6. The Bertz CT molecular complexity index is 706. The van der Waals surface area contributed by atoms with Crippen molar-refractivity contribution >= 4 is 28.3 Å². The van der Waals surface area contributed by atoms with Gasteiger partial charge in [-0.2, -0.15) is 0 Å². The number of amides is 2. The van der Waals surface area contributed by atoms with Crippen molar-refractivity contribution < 1.29 is 9.59 Å². The second kappa shape index (κ2) is 6.15. The highest BCUT2D eigenvalue weighted by Gasteiger charge is 2.24. The monoisotopic (exact) mass is 297 g/mol. The Morgan fingerprint density at radius 3 is 2.36 bits per heavy atom. The summed E-state index contributed by atoms with van der Waals surface area (Å²) in [5.74, 6) is -1.03. The number of nitrogens with one attached hydrogen (secondary N) is 1. The molecule has 0 aromatic heterocycles. The summed E-state index contributed by atoms with van der Waals surface area (Å²) in [4.78, 5) is 28.0. The highest BCUT2D eigenvalue weighted by molar-refractivity contribution is 6.39. The lowest BCUT2D eigenvalue weighted by Gasteiger charge is -2.31. The number of likely N-dealkylation sites (N-methyl/N-ethyl adjacent to an activating group) is 1. The van der Waals surface area contributed by atoms with Gasteiger partial charge in [0.25, 0.3) is 0 Å². The molecule has 1 fully saturated rings. The van der Waals surface area contributed by atoms with Crippen molar-refractivity contribution in [1.82, 2.24) is 9.80 Å². The molecule has 0 atom stereocenters. The molecule has 114 valence electrons. The van der Waals surface area contributed by atoms with E-state index in [9.17, 15) is 9.59 Å². The van der Waals surface area contributed by atoms with E-state index in [2.05, 4.69) is 10.2 Å². The van der Waals surface area contributed by atoms with E-state index < -0.39 is 11.8 Å². The highest BCUT2D eigenvalue weighted by Crippen LogP contribution is 2.18. The van der Waals surface area contributed by atoms with Crippen LogP contribution in [0.15, 0.2) is 42.5 Å². The van der Waals surface area contributed by atoms with Crippen LogP contribution in [0.5, 0.6) is 0 Å². The Labute approximate surface area is 129 Å². The van der Waals surface area contributed by atoms with E-state index in [1.807, 2.05) is 49.5 Å². The normalized spacial score (nSPS) is 15.8. The molecule has 5 nitrogen and oxygen atoms in total. The van der Waals surface area contributed by atoms with E-state index >= 15 is 0 Å². The molecule has 3 rings (SSSR count). The van der Waals surface area contributed by atoms with Gasteiger partial charge in [0.2, 0.25) is 0 Å². The van der Waals surface area contributed by atoms with Crippen LogP contribution in [0.4, 0.5) is 5.69 Å². The second-order valence-electron chi connectivity index (χ2n) is 5.61. The van der Waals surface area contributed by atoms with Crippen molar-refractivity contribution in [2.24, 2.45) is 0 Å². The van der Waals surface area contributed by atoms with Crippen molar-refractivity contribution in [3.05, 3.63) is 42.5 Å². The van der Waals surface area contributed by atoms with Crippen molar-refractivity contribution in [2.45, 2.75) is 0 Å². The van der Waals surface area contributed by atoms with Crippen molar-refractivity contribution in [3.8, 4) is 0 Å². The lowest BCUT2D eigenvalue weighted by molar-refractivity contribution is -0.144. The van der Waals surface area contributed by atoms with Crippen LogP contribution >= 0.6 is 0 Å². The summed E-state index contributed by atoms with van der Waals surface area (Å²) in [6.07, 6.45) is 0. The van der Waals surface area contributed by atoms with Gasteiger partial charge in [-0.1, -0.05) is 30.3 Å². The largest absolute Gasteiger partial charge is 0.332 e. The first-order chi connectivity index (χ1) is 10.6. The maximum absolute atomic E-state index is 12.2. The first-order valence-electron chi connectivity index (χ1n) is 7.41. The van der Waals surface area contributed by atoms with Crippen molar-refractivity contribution in [2.75, 3.05) is 38.5 Å². The van der Waals surface area contributed by atoms with E-state index in [-0.39, 0.29) is 0 Å². The number of hydrogen-bond donors (Lipinski definition) is 1. The molecule has 0 unspecified atom stereocenters. The average molecular weight is 297 g/mol. The summed E-state index contributed by atoms with van der Waals surface area (Å²) >= 11 is 0. The van der Waals surface area contributed by atoms with Gasteiger partial charge in [0.1, 0.15) is 0 Å². The fourth-order valence-electron chi connectivity index (χ4n) is 2.60. The lowest BCUT2D eigenvalue weighted by Crippen LogP contribution is -2.50. The molecule has 2 aromatic carbocycles. The van der Waals surface area contributed by atoms with Crippen LogP contribution in [0.3, 0.4) is 0 Å². The Hall–Kier alpha value is -2.40. The summed E-state index contributed by atoms with van der Waals surface area (Å²) in [5, 5.41) is 4.84. The van der Waals surface area contributed by atoms with Gasteiger partial charge in [0.05, 0.1) is 0 Å². The van der Waals surface area contributed by atoms with Gasteiger partial charge >= 0.3 is 11.8 Å². The summed E-state index contributed by atoms with van der Waals surface area (Å²) in [6.45, 7) is 2.80. The number of carbonyl (C=O) groups excluding carboxylic acids is 2. The number of rotatable bonds is 1. The van der Waals surface area contributed by atoms with E-state index in [0.29, 0.717) is 18.8 Å². The first-order valence-corrected chi connectivity index (χ1v) is 7.41. The topological polar surface area (TPSA) is 52.7 Å². The molecule has 2 amide bonds. The quantitative estimate of drug-likeness (QED) is 0.813. The minimum absolute atomic E-state index is 0.457. The fourth-order valence-corrected chi connectivity index (χ4v) is 2.60. The number of fused-ring (bicyclic) bond motifs is 1. The number of anilines is 1. The van der Waals surface area contributed by atoms with Gasteiger partial charge in [-0.15, -0.1) is 0 Å². The van der Waals surface area contributed by atoms with Crippen LogP contribution in [-0.2, 0) is 9.59 Å². The summed E-state index contributed by atoms with van der Waals surface area (Å²) in [7, 11) is 2.01. The van der Waals surface area contributed by atoms with Gasteiger partial charge in [-0.3, -0.25) is 9.59 Å². The van der Waals surface area contributed by atoms with Crippen molar-refractivity contribution in [1.29, 1.82) is 0 Å². The average Bonchev–Trinajstić information content (AvgIpc) is 2.55. The predicted molar refractivity (Wildman–Crippen MR) is 86.7 cm³/mol. The van der Waals surface area contributed by atoms with E-state index in [1.54, 1.807) is 4.90 Å². The van der Waals surface area contributed by atoms with Crippen LogP contribution in [0.1, 0.15) is 0 Å². The zero-order chi connectivity index (χ0) is 15.5. The molecule has 0 bridgehead atoms. The Morgan fingerprint density at radius 1 is 0.955 bits per heavy atom. The van der Waals surface area contributed by atoms with Crippen LogP contribution in [0.25, 0.3) is 10.8 Å². The molecule has 1 aliphatic heterocycles. The molecule has 1 heterocycles. The maximum atomic E-state index is 12.2. The molecule has 0 saturated carbocycles. The van der Waals surface area contributed by atoms with E-state index in [1.165, 1.54) is 0 Å². The third-order valence-electron chi connectivity index (χ3n) is 3.99. The van der Waals surface area contributed by atoms with Crippen molar-refractivity contribution in [3.63, 3.8) is 0 Å². The van der Waals surface area contributed by atoms with E-state index in [0.717, 1.165) is 23.9 Å². The number of hydrogen-bond acceptors (Lipinski definition) is 3. The molecule has 1 saturated heterocycles. The minimum atomic E-state index is -0.570. The maximum Gasteiger partial charge on any atom is 0.313 e. The Kier molecular flexibility index (Phi) is 4.06. The lowest BCUT2D eigenvalue weighted by atomic mass is 10.1. The van der Waals surface area contributed by atoms with Crippen LogP contribution < -0.4 is 5.32 Å². The zero-order valence-electron chi connectivity index (χ0n) is 12.6. The number of piperazine rings is 1. The summed E-state index contributed by atoms with van der Waals surface area (Å²) in [6, 6.07) is 13.5. The first kappa shape index (κ1) is 14.5. The minimum Gasteiger partial charge on any atom is -0.332 e. The molecule has 1 aliphatic rings.